The lowest BCUT2D eigenvalue weighted by Gasteiger charge is -2.14. The summed E-state index contributed by atoms with van der Waals surface area (Å²) in [6, 6.07) is 0. The van der Waals surface area contributed by atoms with Gasteiger partial charge in [0.15, 0.2) is 5.69 Å². The molecular weight excluding hydrogens is 204 g/mol. The normalized spacial score (nSPS) is 15.1. The number of hydrogen-bond acceptors (Lipinski definition) is 3. The van der Waals surface area contributed by atoms with Gasteiger partial charge >= 0.3 is 0 Å². The molecular formula is C11H18N4O. The SMILES string of the molecule is CCCN(C)C(=O)c1n[nH]c(C2CC2)c1N. The Morgan fingerprint density at radius 2 is 2.31 bits per heavy atom. The number of nitrogens with zero attached hydrogens (tertiary/aromatic N) is 2. The molecule has 1 heterocycles. The number of amides is 1. The maximum absolute atomic E-state index is 12.0. The summed E-state index contributed by atoms with van der Waals surface area (Å²) in [5, 5.41) is 6.93. The first-order valence-corrected chi connectivity index (χ1v) is 5.74. The third-order valence-corrected chi connectivity index (χ3v) is 2.93. The third kappa shape index (κ3) is 1.89. The Hall–Kier alpha value is -1.52. The number of nitrogens with one attached hydrogen (secondary N) is 1. The summed E-state index contributed by atoms with van der Waals surface area (Å²) >= 11 is 0. The summed E-state index contributed by atoms with van der Waals surface area (Å²) in [6.07, 6.45) is 3.22. The summed E-state index contributed by atoms with van der Waals surface area (Å²) in [6.45, 7) is 2.76. The van der Waals surface area contributed by atoms with E-state index in [-0.39, 0.29) is 5.91 Å². The molecule has 0 saturated heterocycles. The second kappa shape index (κ2) is 4.15. The molecule has 1 aromatic heterocycles. The van der Waals surface area contributed by atoms with E-state index in [0.29, 0.717) is 17.3 Å². The number of nitrogens with two attached hydrogens (primary N) is 1. The van der Waals surface area contributed by atoms with E-state index < -0.39 is 0 Å². The molecule has 16 heavy (non-hydrogen) atoms. The second-order valence-corrected chi connectivity index (χ2v) is 4.40. The van der Waals surface area contributed by atoms with Crippen molar-refractivity contribution in [1.82, 2.24) is 15.1 Å². The Bertz CT molecular complexity index is 395. The number of carbonyl (C=O) groups excluding carboxylic acids is 1. The Balaban J connectivity index is 2.16. The minimum Gasteiger partial charge on any atom is -0.395 e. The number of hydrogen-bond donors (Lipinski definition) is 2. The van der Waals surface area contributed by atoms with Gasteiger partial charge in [-0.2, -0.15) is 5.10 Å². The van der Waals surface area contributed by atoms with Crippen LogP contribution in [0, 0.1) is 0 Å². The molecule has 5 heteroatoms. The van der Waals surface area contributed by atoms with Crippen LogP contribution in [0.4, 0.5) is 5.69 Å². The van der Waals surface area contributed by atoms with E-state index in [4.69, 9.17) is 5.73 Å². The predicted molar refractivity (Wildman–Crippen MR) is 62.2 cm³/mol. The summed E-state index contributed by atoms with van der Waals surface area (Å²) in [7, 11) is 1.77. The van der Waals surface area contributed by atoms with Gasteiger partial charge in [0.25, 0.3) is 5.91 Å². The number of rotatable bonds is 4. The number of aromatic nitrogens is 2. The molecule has 0 spiro atoms. The van der Waals surface area contributed by atoms with Gasteiger partial charge in [0, 0.05) is 19.5 Å². The zero-order valence-electron chi connectivity index (χ0n) is 9.79. The van der Waals surface area contributed by atoms with Crippen molar-refractivity contribution in [1.29, 1.82) is 0 Å². The van der Waals surface area contributed by atoms with Gasteiger partial charge in [0.1, 0.15) is 0 Å². The maximum Gasteiger partial charge on any atom is 0.276 e. The molecule has 1 aliphatic carbocycles. The molecule has 0 atom stereocenters. The van der Waals surface area contributed by atoms with Crippen molar-refractivity contribution in [2.24, 2.45) is 0 Å². The van der Waals surface area contributed by atoms with Crippen LogP contribution in [0.3, 0.4) is 0 Å². The fourth-order valence-electron chi connectivity index (χ4n) is 1.83. The quantitative estimate of drug-likeness (QED) is 0.807. The van der Waals surface area contributed by atoms with Crippen LogP contribution >= 0.6 is 0 Å². The van der Waals surface area contributed by atoms with Crippen molar-refractivity contribution in [2.45, 2.75) is 32.1 Å². The van der Waals surface area contributed by atoms with Crippen LogP contribution < -0.4 is 5.73 Å². The first-order chi connectivity index (χ1) is 7.65. The number of nitrogen functional groups attached to an aromatic ring is 1. The fourth-order valence-corrected chi connectivity index (χ4v) is 1.83. The molecule has 2 rings (SSSR count). The molecule has 1 amide bonds. The van der Waals surface area contributed by atoms with Crippen molar-refractivity contribution in [3.8, 4) is 0 Å². The van der Waals surface area contributed by atoms with Gasteiger partial charge in [0.05, 0.1) is 11.4 Å². The molecule has 0 aromatic carbocycles. The Morgan fingerprint density at radius 3 is 2.88 bits per heavy atom. The molecule has 1 fully saturated rings. The van der Waals surface area contributed by atoms with Gasteiger partial charge in [-0.1, -0.05) is 6.92 Å². The van der Waals surface area contributed by atoms with Crippen molar-refractivity contribution >= 4 is 11.6 Å². The molecule has 0 unspecified atom stereocenters. The Kier molecular flexibility index (Phi) is 2.85. The average molecular weight is 222 g/mol. The topological polar surface area (TPSA) is 75.0 Å². The van der Waals surface area contributed by atoms with E-state index in [0.717, 1.165) is 31.5 Å². The van der Waals surface area contributed by atoms with Crippen molar-refractivity contribution in [2.75, 3.05) is 19.3 Å². The Morgan fingerprint density at radius 1 is 1.62 bits per heavy atom. The maximum atomic E-state index is 12.0. The van der Waals surface area contributed by atoms with Crippen molar-refractivity contribution in [3.63, 3.8) is 0 Å². The van der Waals surface area contributed by atoms with Crippen LogP contribution in [-0.4, -0.2) is 34.6 Å². The van der Waals surface area contributed by atoms with Crippen LogP contribution in [0.25, 0.3) is 0 Å². The number of H-pyrrole nitrogens is 1. The largest absolute Gasteiger partial charge is 0.395 e. The zero-order valence-corrected chi connectivity index (χ0v) is 9.79. The van der Waals surface area contributed by atoms with E-state index in [9.17, 15) is 4.79 Å². The molecule has 0 aliphatic heterocycles. The zero-order chi connectivity index (χ0) is 11.7. The predicted octanol–water partition coefficient (Wildman–Crippen LogP) is 1.35. The molecule has 1 saturated carbocycles. The molecule has 0 radical (unpaired) electrons. The van der Waals surface area contributed by atoms with E-state index >= 15 is 0 Å². The van der Waals surface area contributed by atoms with Gasteiger partial charge in [0.2, 0.25) is 0 Å². The van der Waals surface area contributed by atoms with Crippen LogP contribution in [0.15, 0.2) is 0 Å². The van der Waals surface area contributed by atoms with Gasteiger partial charge in [-0.05, 0) is 19.3 Å². The first-order valence-electron chi connectivity index (χ1n) is 5.74. The minimum atomic E-state index is -0.0949. The standard InChI is InChI=1S/C11H18N4O/c1-3-6-15(2)11(16)10-8(12)9(13-14-10)7-4-5-7/h7H,3-6,12H2,1-2H3,(H,13,14). The highest BCUT2D eigenvalue weighted by atomic mass is 16.2. The Labute approximate surface area is 95.0 Å². The van der Waals surface area contributed by atoms with E-state index in [1.54, 1.807) is 11.9 Å². The summed E-state index contributed by atoms with van der Waals surface area (Å²) < 4.78 is 0. The second-order valence-electron chi connectivity index (χ2n) is 4.40. The number of anilines is 1. The highest BCUT2D eigenvalue weighted by molar-refractivity contribution is 5.97. The highest BCUT2D eigenvalue weighted by Crippen LogP contribution is 2.42. The molecule has 5 nitrogen and oxygen atoms in total. The molecule has 1 aliphatic rings. The van der Waals surface area contributed by atoms with Crippen LogP contribution in [0.2, 0.25) is 0 Å². The summed E-state index contributed by atoms with van der Waals surface area (Å²) in [5.74, 6) is 0.396. The van der Waals surface area contributed by atoms with E-state index in [1.165, 1.54) is 0 Å². The monoisotopic (exact) mass is 222 g/mol. The van der Waals surface area contributed by atoms with Crippen molar-refractivity contribution < 1.29 is 4.79 Å². The molecule has 3 N–H and O–H groups in total. The molecule has 88 valence electrons. The lowest BCUT2D eigenvalue weighted by molar-refractivity contribution is 0.0790. The smallest absolute Gasteiger partial charge is 0.276 e. The fraction of sp³-hybridized carbons (Fsp3) is 0.636. The van der Waals surface area contributed by atoms with E-state index in [2.05, 4.69) is 10.2 Å². The van der Waals surface area contributed by atoms with E-state index in [1.807, 2.05) is 6.92 Å². The van der Waals surface area contributed by atoms with Crippen LogP contribution in [0.1, 0.15) is 48.3 Å². The lowest BCUT2D eigenvalue weighted by Crippen LogP contribution is -2.28. The molecule has 1 aromatic rings. The summed E-state index contributed by atoms with van der Waals surface area (Å²) in [5.41, 5.74) is 7.79. The summed E-state index contributed by atoms with van der Waals surface area (Å²) in [4.78, 5) is 13.6. The number of aromatic amines is 1. The average Bonchev–Trinajstić information content (AvgIpc) is 3.02. The number of carbonyl (C=O) groups is 1. The van der Waals surface area contributed by atoms with Gasteiger partial charge in [-0.3, -0.25) is 9.89 Å². The van der Waals surface area contributed by atoms with Gasteiger partial charge < -0.3 is 10.6 Å². The van der Waals surface area contributed by atoms with Gasteiger partial charge in [-0.25, -0.2) is 0 Å². The highest BCUT2D eigenvalue weighted by Gasteiger charge is 2.30. The molecule has 0 bridgehead atoms. The van der Waals surface area contributed by atoms with Gasteiger partial charge in [-0.15, -0.1) is 0 Å². The van der Waals surface area contributed by atoms with Crippen molar-refractivity contribution in [3.05, 3.63) is 11.4 Å². The lowest BCUT2D eigenvalue weighted by atomic mass is 10.2. The first kappa shape index (κ1) is 11.0. The third-order valence-electron chi connectivity index (χ3n) is 2.93. The van der Waals surface area contributed by atoms with Crippen LogP contribution in [-0.2, 0) is 0 Å². The van der Waals surface area contributed by atoms with Crippen LogP contribution in [0.5, 0.6) is 0 Å². The minimum absolute atomic E-state index is 0.0949.